The molecule has 3 aromatic carbocycles. The first-order chi connectivity index (χ1) is 14.5. The summed E-state index contributed by atoms with van der Waals surface area (Å²) in [4.78, 5) is 36.0. The van der Waals surface area contributed by atoms with Crippen LogP contribution in [0.3, 0.4) is 0 Å². The van der Waals surface area contributed by atoms with Gasteiger partial charge in [-0.2, -0.15) is 0 Å². The molecule has 0 unspecified atom stereocenters. The summed E-state index contributed by atoms with van der Waals surface area (Å²) < 4.78 is 0. The third-order valence-electron chi connectivity index (χ3n) is 4.80. The fourth-order valence-corrected chi connectivity index (χ4v) is 3.35. The van der Waals surface area contributed by atoms with Gasteiger partial charge in [0.05, 0.1) is 10.8 Å². The maximum absolute atomic E-state index is 13.2. The number of rotatable bonds is 8. The number of nitrogens with zero attached hydrogens (tertiary/aromatic N) is 1. The monoisotopic (exact) mass is 403 g/mol. The van der Waals surface area contributed by atoms with E-state index in [1.54, 1.807) is 18.2 Å². The van der Waals surface area contributed by atoms with E-state index in [4.69, 9.17) is 5.73 Å². The average molecular weight is 403 g/mol. The number of primary amides is 1. The summed E-state index contributed by atoms with van der Waals surface area (Å²) in [6.07, 6.45) is -0.0749. The highest BCUT2D eigenvalue weighted by Crippen LogP contribution is 2.25. The average Bonchev–Trinajstić information content (AvgIpc) is 2.75. The Morgan fingerprint density at radius 2 is 1.37 bits per heavy atom. The van der Waals surface area contributed by atoms with Crippen LogP contribution in [-0.4, -0.2) is 22.8 Å². The van der Waals surface area contributed by atoms with Crippen molar-refractivity contribution in [1.82, 2.24) is 5.32 Å². The number of nitrogens with two attached hydrogens (primary N) is 1. The van der Waals surface area contributed by atoms with Crippen LogP contribution in [0.5, 0.6) is 0 Å². The second-order valence-corrected chi connectivity index (χ2v) is 6.81. The minimum absolute atomic E-state index is 0.0749. The molecular weight excluding hydrogens is 382 g/mol. The Morgan fingerprint density at radius 1 is 0.867 bits per heavy atom. The fourth-order valence-electron chi connectivity index (χ4n) is 3.35. The Morgan fingerprint density at radius 3 is 1.87 bits per heavy atom. The third-order valence-corrected chi connectivity index (χ3v) is 4.80. The number of nitrogens with one attached hydrogen (secondary N) is 1. The molecule has 0 aromatic heterocycles. The molecule has 30 heavy (non-hydrogen) atoms. The minimum Gasteiger partial charge on any atom is -0.368 e. The molecule has 152 valence electrons. The summed E-state index contributed by atoms with van der Waals surface area (Å²) in [5, 5.41) is 14.0. The largest absolute Gasteiger partial charge is 0.368 e. The van der Waals surface area contributed by atoms with Crippen molar-refractivity contribution in [2.45, 2.75) is 18.4 Å². The molecule has 1 atom stereocenters. The van der Waals surface area contributed by atoms with E-state index in [0.717, 1.165) is 11.1 Å². The van der Waals surface area contributed by atoms with Crippen LogP contribution >= 0.6 is 0 Å². The molecular formula is C23H21N3O4. The number of para-hydroxylation sites is 1. The number of nitro benzene ring substituents is 1. The first-order valence-corrected chi connectivity index (χ1v) is 9.39. The molecule has 0 saturated carbocycles. The molecule has 3 aromatic rings. The van der Waals surface area contributed by atoms with Crippen LogP contribution in [0.15, 0.2) is 84.9 Å². The second-order valence-electron chi connectivity index (χ2n) is 6.81. The summed E-state index contributed by atoms with van der Waals surface area (Å²) in [5.41, 5.74) is 7.23. The Balaban J connectivity index is 1.89. The highest BCUT2D eigenvalue weighted by atomic mass is 16.6. The zero-order valence-corrected chi connectivity index (χ0v) is 16.1. The Hall–Kier alpha value is -4.00. The van der Waals surface area contributed by atoms with E-state index in [2.05, 4.69) is 5.32 Å². The number of hydrogen-bond acceptors (Lipinski definition) is 4. The van der Waals surface area contributed by atoms with Crippen LogP contribution in [0.1, 0.15) is 22.6 Å². The Bertz CT molecular complexity index is 999. The molecule has 2 amide bonds. The number of hydrogen-bond donors (Lipinski definition) is 2. The van der Waals surface area contributed by atoms with Crippen molar-refractivity contribution in [3.8, 4) is 0 Å². The van der Waals surface area contributed by atoms with Gasteiger partial charge in [0.25, 0.3) is 5.69 Å². The van der Waals surface area contributed by atoms with Gasteiger partial charge < -0.3 is 11.1 Å². The lowest BCUT2D eigenvalue weighted by atomic mass is 9.90. The summed E-state index contributed by atoms with van der Waals surface area (Å²) in [5.74, 6) is -1.82. The van der Waals surface area contributed by atoms with Gasteiger partial charge in [-0.05, 0) is 11.1 Å². The van der Waals surface area contributed by atoms with Crippen LogP contribution < -0.4 is 11.1 Å². The lowest BCUT2D eigenvalue weighted by Gasteiger charge is -2.22. The zero-order chi connectivity index (χ0) is 21.5. The molecule has 0 saturated heterocycles. The van der Waals surface area contributed by atoms with E-state index in [1.807, 2.05) is 60.7 Å². The van der Waals surface area contributed by atoms with Crippen molar-refractivity contribution in [1.29, 1.82) is 0 Å². The third kappa shape index (κ3) is 4.88. The first-order valence-electron chi connectivity index (χ1n) is 9.39. The zero-order valence-electron chi connectivity index (χ0n) is 16.1. The maximum atomic E-state index is 13.2. The van der Waals surface area contributed by atoms with Gasteiger partial charge in [0.2, 0.25) is 11.8 Å². The first kappa shape index (κ1) is 20.7. The Labute approximate surface area is 173 Å². The number of carbonyl (C=O) groups is 2. The summed E-state index contributed by atoms with van der Waals surface area (Å²) in [7, 11) is 0. The van der Waals surface area contributed by atoms with Crippen LogP contribution in [-0.2, 0) is 16.0 Å². The Kier molecular flexibility index (Phi) is 6.54. The van der Waals surface area contributed by atoms with E-state index in [9.17, 15) is 19.7 Å². The highest BCUT2D eigenvalue weighted by Gasteiger charge is 2.28. The standard InChI is InChI=1S/C23H21N3O4/c24-22(27)19(15-18-13-7-8-14-20(18)26(29)30)25-23(28)21(16-9-3-1-4-10-16)17-11-5-2-6-12-17/h1-14,19,21H,15H2,(H2,24,27)(H,25,28)/t19-/m0/s1. The van der Waals surface area contributed by atoms with E-state index in [1.165, 1.54) is 6.07 Å². The predicted molar refractivity (Wildman–Crippen MR) is 113 cm³/mol. The van der Waals surface area contributed by atoms with Crippen LogP contribution in [0.25, 0.3) is 0 Å². The minimum atomic E-state index is -1.09. The molecule has 7 nitrogen and oxygen atoms in total. The van der Waals surface area contributed by atoms with Crippen LogP contribution in [0.4, 0.5) is 5.69 Å². The van der Waals surface area contributed by atoms with Crippen LogP contribution in [0, 0.1) is 10.1 Å². The van der Waals surface area contributed by atoms with E-state index >= 15 is 0 Å². The number of amides is 2. The molecule has 0 fully saturated rings. The van der Waals surface area contributed by atoms with Gasteiger partial charge in [0.1, 0.15) is 6.04 Å². The van der Waals surface area contributed by atoms with Gasteiger partial charge in [-0.25, -0.2) is 0 Å². The number of nitro groups is 1. The summed E-state index contributed by atoms with van der Waals surface area (Å²) in [6.45, 7) is 0. The van der Waals surface area contributed by atoms with Crippen LogP contribution in [0.2, 0.25) is 0 Å². The quantitative estimate of drug-likeness (QED) is 0.444. The molecule has 7 heteroatoms. The maximum Gasteiger partial charge on any atom is 0.272 e. The normalized spacial score (nSPS) is 11.6. The fraction of sp³-hybridized carbons (Fsp3) is 0.130. The smallest absolute Gasteiger partial charge is 0.272 e. The van der Waals surface area contributed by atoms with Crippen molar-refractivity contribution in [3.05, 3.63) is 112 Å². The van der Waals surface area contributed by atoms with Gasteiger partial charge >= 0.3 is 0 Å². The molecule has 0 aliphatic rings. The number of benzene rings is 3. The SMILES string of the molecule is NC(=O)[C@H](Cc1ccccc1[N+](=O)[O-])NC(=O)C(c1ccccc1)c1ccccc1. The van der Waals surface area contributed by atoms with Crippen molar-refractivity contribution < 1.29 is 14.5 Å². The molecule has 0 aliphatic heterocycles. The van der Waals surface area contributed by atoms with Crippen molar-refractivity contribution in [3.63, 3.8) is 0 Å². The van der Waals surface area contributed by atoms with E-state index < -0.39 is 28.7 Å². The van der Waals surface area contributed by atoms with Crippen molar-refractivity contribution in [2.24, 2.45) is 5.73 Å². The van der Waals surface area contributed by atoms with Gasteiger partial charge in [0.15, 0.2) is 0 Å². The second kappa shape index (κ2) is 9.47. The molecule has 3 N–H and O–H groups in total. The van der Waals surface area contributed by atoms with Gasteiger partial charge in [-0.15, -0.1) is 0 Å². The molecule has 3 rings (SSSR count). The lowest BCUT2D eigenvalue weighted by Crippen LogP contribution is -2.47. The van der Waals surface area contributed by atoms with E-state index in [-0.39, 0.29) is 12.1 Å². The van der Waals surface area contributed by atoms with Gasteiger partial charge in [-0.3, -0.25) is 19.7 Å². The predicted octanol–water partition coefficient (Wildman–Crippen LogP) is 2.94. The van der Waals surface area contributed by atoms with Crippen molar-refractivity contribution in [2.75, 3.05) is 0 Å². The number of carbonyl (C=O) groups excluding carboxylic acids is 2. The molecule has 0 spiro atoms. The molecule has 0 bridgehead atoms. The topological polar surface area (TPSA) is 115 Å². The highest BCUT2D eigenvalue weighted by molar-refractivity contribution is 5.92. The van der Waals surface area contributed by atoms with Gasteiger partial charge in [-0.1, -0.05) is 78.9 Å². The summed E-state index contributed by atoms with van der Waals surface area (Å²) in [6, 6.07) is 23.3. The molecule has 0 aliphatic carbocycles. The van der Waals surface area contributed by atoms with Gasteiger partial charge in [0, 0.05) is 18.1 Å². The molecule has 0 heterocycles. The van der Waals surface area contributed by atoms with E-state index in [0.29, 0.717) is 5.56 Å². The molecule has 0 radical (unpaired) electrons. The van der Waals surface area contributed by atoms with Crippen molar-refractivity contribution >= 4 is 17.5 Å². The summed E-state index contributed by atoms with van der Waals surface area (Å²) >= 11 is 0. The lowest BCUT2D eigenvalue weighted by molar-refractivity contribution is -0.385.